The third-order valence-corrected chi connectivity index (χ3v) is 4.98. The largest absolute Gasteiger partial charge is 0.397 e. The number of anilines is 1. The van der Waals surface area contributed by atoms with Crippen molar-refractivity contribution < 1.29 is 8.42 Å². The molecule has 0 aliphatic rings. The Hall–Kier alpha value is -1.07. The Labute approximate surface area is 110 Å². The Morgan fingerprint density at radius 3 is 2.11 bits per heavy atom. The van der Waals surface area contributed by atoms with E-state index in [9.17, 15) is 8.42 Å². The Morgan fingerprint density at radius 1 is 1.11 bits per heavy atom. The predicted molar refractivity (Wildman–Crippen MR) is 74.9 cm³/mol. The molecular weight excluding hydrogens is 248 g/mol. The third kappa shape index (κ3) is 3.03. The van der Waals surface area contributed by atoms with Crippen molar-refractivity contribution in [1.82, 2.24) is 4.72 Å². The van der Waals surface area contributed by atoms with Crippen LogP contribution in [0, 0.1) is 19.8 Å². The highest BCUT2D eigenvalue weighted by molar-refractivity contribution is 7.89. The fraction of sp³-hybridized carbons (Fsp3) is 0.538. The van der Waals surface area contributed by atoms with Gasteiger partial charge in [-0.25, -0.2) is 13.1 Å². The van der Waals surface area contributed by atoms with Gasteiger partial charge in [0.2, 0.25) is 10.0 Å². The molecule has 0 bridgehead atoms. The predicted octanol–water partition coefficient (Wildman–Crippen LogP) is 2.21. The molecule has 1 unspecified atom stereocenters. The fourth-order valence-corrected chi connectivity index (χ4v) is 3.43. The fourth-order valence-electron chi connectivity index (χ4n) is 1.60. The molecular formula is C13H22N2O2S. The van der Waals surface area contributed by atoms with Gasteiger partial charge < -0.3 is 5.73 Å². The van der Waals surface area contributed by atoms with Crippen LogP contribution in [0.1, 0.15) is 31.9 Å². The van der Waals surface area contributed by atoms with Crippen molar-refractivity contribution in [1.29, 1.82) is 0 Å². The van der Waals surface area contributed by atoms with Crippen molar-refractivity contribution in [2.45, 2.75) is 45.6 Å². The summed E-state index contributed by atoms with van der Waals surface area (Å²) in [7, 11) is -3.56. The van der Waals surface area contributed by atoms with Gasteiger partial charge in [0.1, 0.15) is 4.90 Å². The van der Waals surface area contributed by atoms with Gasteiger partial charge in [0.25, 0.3) is 0 Å². The van der Waals surface area contributed by atoms with Gasteiger partial charge in [-0.3, -0.25) is 0 Å². The summed E-state index contributed by atoms with van der Waals surface area (Å²) >= 11 is 0. The molecule has 0 heterocycles. The average Bonchev–Trinajstić information content (AvgIpc) is 2.23. The molecule has 1 rings (SSSR count). The first-order chi connectivity index (χ1) is 8.16. The van der Waals surface area contributed by atoms with Gasteiger partial charge in [0.05, 0.1) is 5.69 Å². The van der Waals surface area contributed by atoms with Crippen LogP contribution >= 0.6 is 0 Å². The molecule has 0 saturated heterocycles. The summed E-state index contributed by atoms with van der Waals surface area (Å²) in [5, 5.41) is 0. The molecule has 1 aromatic rings. The van der Waals surface area contributed by atoms with Crippen LogP contribution in [-0.4, -0.2) is 14.5 Å². The van der Waals surface area contributed by atoms with E-state index in [4.69, 9.17) is 5.73 Å². The monoisotopic (exact) mass is 270 g/mol. The minimum absolute atomic E-state index is 0.130. The van der Waals surface area contributed by atoms with Crippen LogP contribution in [0.25, 0.3) is 0 Å². The number of nitrogens with one attached hydrogen (secondary N) is 1. The van der Waals surface area contributed by atoms with E-state index >= 15 is 0 Å². The highest BCUT2D eigenvalue weighted by atomic mass is 32.2. The van der Waals surface area contributed by atoms with Crippen LogP contribution < -0.4 is 10.5 Å². The van der Waals surface area contributed by atoms with Gasteiger partial charge in [0.15, 0.2) is 0 Å². The smallest absolute Gasteiger partial charge is 0.243 e. The molecule has 0 aromatic heterocycles. The molecule has 102 valence electrons. The van der Waals surface area contributed by atoms with Crippen molar-refractivity contribution in [2.24, 2.45) is 5.92 Å². The topological polar surface area (TPSA) is 72.2 Å². The van der Waals surface area contributed by atoms with Gasteiger partial charge in [-0.2, -0.15) is 0 Å². The maximum absolute atomic E-state index is 12.3. The maximum atomic E-state index is 12.3. The molecule has 0 spiro atoms. The van der Waals surface area contributed by atoms with Gasteiger partial charge in [-0.05, 0) is 37.8 Å². The van der Waals surface area contributed by atoms with Crippen molar-refractivity contribution in [3.8, 4) is 0 Å². The summed E-state index contributed by atoms with van der Waals surface area (Å²) < 4.78 is 27.4. The van der Waals surface area contributed by atoms with Gasteiger partial charge >= 0.3 is 0 Å². The quantitative estimate of drug-likeness (QED) is 0.824. The maximum Gasteiger partial charge on any atom is 0.243 e. The molecule has 18 heavy (non-hydrogen) atoms. The second-order valence-corrected chi connectivity index (χ2v) is 6.75. The minimum Gasteiger partial charge on any atom is -0.397 e. The highest BCUT2D eigenvalue weighted by Crippen LogP contribution is 2.26. The molecule has 1 atom stereocenters. The minimum atomic E-state index is -3.56. The number of sulfonamides is 1. The lowest BCUT2D eigenvalue weighted by Crippen LogP contribution is -2.36. The van der Waals surface area contributed by atoms with Crippen LogP contribution in [0.15, 0.2) is 17.0 Å². The van der Waals surface area contributed by atoms with Crippen LogP contribution in [0.2, 0.25) is 0 Å². The average molecular weight is 270 g/mol. The third-order valence-electron chi connectivity index (χ3n) is 3.22. The molecule has 0 amide bonds. The zero-order valence-corrected chi connectivity index (χ0v) is 12.4. The lowest BCUT2D eigenvalue weighted by atomic mass is 10.1. The molecule has 0 fully saturated rings. The van der Waals surface area contributed by atoms with E-state index in [0.717, 1.165) is 5.56 Å². The van der Waals surface area contributed by atoms with Crippen molar-refractivity contribution in [2.75, 3.05) is 5.73 Å². The Kier molecular flexibility index (Phi) is 4.40. The van der Waals surface area contributed by atoms with Crippen LogP contribution in [-0.2, 0) is 10.0 Å². The van der Waals surface area contributed by atoms with Crippen LogP contribution in [0.3, 0.4) is 0 Å². The Balaban J connectivity index is 3.25. The van der Waals surface area contributed by atoms with E-state index in [2.05, 4.69) is 4.72 Å². The summed E-state index contributed by atoms with van der Waals surface area (Å²) in [6, 6.07) is 3.48. The summed E-state index contributed by atoms with van der Waals surface area (Å²) in [6.45, 7) is 9.35. The zero-order valence-electron chi connectivity index (χ0n) is 11.6. The molecule has 4 nitrogen and oxygen atoms in total. The van der Waals surface area contributed by atoms with Gasteiger partial charge in [-0.1, -0.05) is 26.0 Å². The highest BCUT2D eigenvalue weighted by Gasteiger charge is 2.24. The molecule has 0 saturated carbocycles. The first-order valence-corrected chi connectivity index (χ1v) is 7.53. The molecule has 1 aromatic carbocycles. The molecule has 0 aliphatic heterocycles. The molecule has 0 aliphatic carbocycles. The van der Waals surface area contributed by atoms with E-state index in [1.54, 1.807) is 19.9 Å². The summed E-state index contributed by atoms with van der Waals surface area (Å²) in [4.78, 5) is 0.204. The molecule has 0 radical (unpaired) electrons. The zero-order chi connectivity index (χ0) is 14.1. The number of nitrogen functional groups attached to an aromatic ring is 1. The molecule has 5 heteroatoms. The van der Waals surface area contributed by atoms with Crippen molar-refractivity contribution in [3.63, 3.8) is 0 Å². The lowest BCUT2D eigenvalue weighted by Gasteiger charge is -2.20. The van der Waals surface area contributed by atoms with Crippen molar-refractivity contribution >= 4 is 15.7 Å². The second-order valence-electron chi connectivity index (χ2n) is 5.10. The number of hydrogen-bond acceptors (Lipinski definition) is 3. The summed E-state index contributed by atoms with van der Waals surface area (Å²) in [6.07, 6.45) is 0. The van der Waals surface area contributed by atoms with E-state index in [1.165, 1.54) is 0 Å². The summed E-state index contributed by atoms with van der Waals surface area (Å²) in [5.74, 6) is 0.228. The van der Waals surface area contributed by atoms with E-state index in [-0.39, 0.29) is 16.9 Å². The summed E-state index contributed by atoms with van der Waals surface area (Å²) in [5.41, 5.74) is 7.68. The lowest BCUT2D eigenvalue weighted by molar-refractivity contribution is 0.476. The van der Waals surface area contributed by atoms with E-state index in [0.29, 0.717) is 11.3 Å². The van der Waals surface area contributed by atoms with E-state index in [1.807, 2.05) is 26.8 Å². The first-order valence-electron chi connectivity index (χ1n) is 6.04. The normalized spacial score (nSPS) is 13.9. The second kappa shape index (κ2) is 5.28. The van der Waals surface area contributed by atoms with Crippen molar-refractivity contribution in [3.05, 3.63) is 23.3 Å². The van der Waals surface area contributed by atoms with Gasteiger partial charge in [-0.15, -0.1) is 0 Å². The van der Waals surface area contributed by atoms with E-state index < -0.39 is 10.0 Å². The Bertz CT molecular complexity index is 536. The number of benzene rings is 1. The van der Waals surface area contributed by atoms with Crippen LogP contribution in [0.5, 0.6) is 0 Å². The first kappa shape index (κ1) is 15.0. The number of rotatable bonds is 4. The molecule has 3 N–H and O–H groups in total. The number of hydrogen-bond donors (Lipinski definition) is 2. The number of aryl methyl sites for hydroxylation is 2. The Morgan fingerprint density at radius 2 is 1.61 bits per heavy atom. The number of nitrogens with two attached hydrogens (primary N) is 1. The standard InChI is InChI=1S/C13H22N2O2S/c1-8(2)11(5)15-18(16,17)13-10(4)7-6-9(3)12(13)14/h6-8,11,15H,14H2,1-5H3. The van der Waals surface area contributed by atoms with Gasteiger partial charge in [0, 0.05) is 6.04 Å². The SMILES string of the molecule is Cc1ccc(C)c(S(=O)(=O)NC(C)C(C)C)c1N. The van der Waals surface area contributed by atoms with Crippen LogP contribution in [0.4, 0.5) is 5.69 Å².